The van der Waals surface area contributed by atoms with Gasteiger partial charge in [0.2, 0.25) is 11.9 Å². The van der Waals surface area contributed by atoms with Crippen LogP contribution in [0.4, 0.5) is 11.8 Å². The molecule has 5 rings (SSSR count). The van der Waals surface area contributed by atoms with Crippen LogP contribution in [0.2, 0.25) is 0 Å². The maximum atomic E-state index is 6.29. The first kappa shape index (κ1) is 20.5. The second kappa shape index (κ2) is 8.63. The van der Waals surface area contributed by atoms with E-state index < -0.39 is 0 Å². The largest absolute Gasteiger partial charge is 0.494 e. The molecule has 0 saturated heterocycles. The molecule has 2 aromatic heterocycles. The molecule has 0 atom stereocenters. The van der Waals surface area contributed by atoms with Crippen LogP contribution in [0.1, 0.15) is 11.1 Å². The van der Waals surface area contributed by atoms with Crippen molar-refractivity contribution in [2.75, 3.05) is 18.2 Å². The van der Waals surface area contributed by atoms with Crippen LogP contribution in [-0.4, -0.2) is 26.6 Å². The number of benzene rings is 3. The van der Waals surface area contributed by atoms with Crippen molar-refractivity contribution in [2.45, 2.75) is 13.5 Å². The lowest BCUT2D eigenvalue weighted by Gasteiger charge is -2.13. The van der Waals surface area contributed by atoms with Gasteiger partial charge in [-0.15, -0.1) is 0 Å². The number of hydrogen-bond acceptors (Lipinski definition) is 6. The van der Waals surface area contributed by atoms with Gasteiger partial charge in [-0.2, -0.15) is 4.98 Å². The first-order valence-corrected chi connectivity index (χ1v) is 10.7. The SMILES string of the molecule is COc1cccc2c(NCc3ccccc3)nc(-n3cc(-c4ccc(C)cc4)nc3N)nc12. The van der Waals surface area contributed by atoms with Crippen LogP contribution < -0.4 is 15.8 Å². The number of fused-ring (bicyclic) bond motifs is 1. The molecule has 164 valence electrons. The highest BCUT2D eigenvalue weighted by Crippen LogP contribution is 2.30. The average molecular weight is 437 g/mol. The molecule has 3 aromatic carbocycles. The van der Waals surface area contributed by atoms with Crippen molar-refractivity contribution in [3.8, 4) is 23.0 Å². The Balaban J connectivity index is 1.60. The van der Waals surface area contributed by atoms with Crippen molar-refractivity contribution >= 4 is 22.7 Å². The molecule has 33 heavy (non-hydrogen) atoms. The summed E-state index contributed by atoms with van der Waals surface area (Å²) in [4.78, 5) is 14.1. The van der Waals surface area contributed by atoms with Gasteiger partial charge in [0.25, 0.3) is 0 Å². The standard InChI is InChI=1S/C26H24N6O/c1-17-11-13-19(14-12-17)21-16-32(25(27)29-21)26-30-23-20(9-6-10-22(23)33-2)24(31-26)28-15-18-7-4-3-5-8-18/h3-14,16H,15H2,1-2H3,(H2,27,29)(H,28,30,31). The Bertz CT molecular complexity index is 1410. The highest BCUT2D eigenvalue weighted by atomic mass is 16.5. The molecule has 2 heterocycles. The fourth-order valence-electron chi connectivity index (χ4n) is 3.72. The molecule has 0 aliphatic carbocycles. The minimum atomic E-state index is 0.314. The molecule has 0 aliphatic rings. The molecule has 0 bridgehead atoms. The van der Waals surface area contributed by atoms with Gasteiger partial charge < -0.3 is 15.8 Å². The van der Waals surface area contributed by atoms with Crippen LogP contribution in [0.15, 0.2) is 79.0 Å². The smallest absolute Gasteiger partial charge is 0.239 e. The number of nitrogens with one attached hydrogen (secondary N) is 1. The number of para-hydroxylation sites is 1. The Hall–Kier alpha value is -4.39. The Morgan fingerprint density at radius 2 is 1.70 bits per heavy atom. The van der Waals surface area contributed by atoms with Crippen molar-refractivity contribution in [3.63, 3.8) is 0 Å². The third-order valence-electron chi connectivity index (χ3n) is 5.50. The summed E-state index contributed by atoms with van der Waals surface area (Å²) in [7, 11) is 1.63. The van der Waals surface area contributed by atoms with Gasteiger partial charge in [0.05, 0.1) is 12.8 Å². The number of aryl methyl sites for hydroxylation is 1. The second-order valence-electron chi connectivity index (χ2n) is 7.79. The predicted molar refractivity (Wildman–Crippen MR) is 132 cm³/mol. The normalized spacial score (nSPS) is 11.0. The number of ether oxygens (including phenoxy) is 1. The molecular formula is C26H24N6O. The zero-order valence-electron chi connectivity index (χ0n) is 18.5. The molecule has 0 saturated carbocycles. The number of anilines is 2. The lowest BCUT2D eigenvalue weighted by molar-refractivity contribution is 0.419. The summed E-state index contributed by atoms with van der Waals surface area (Å²) in [6.45, 7) is 2.68. The quantitative estimate of drug-likeness (QED) is 0.390. The molecule has 3 N–H and O–H groups in total. The highest BCUT2D eigenvalue weighted by molar-refractivity contribution is 5.93. The predicted octanol–water partition coefficient (Wildman–Crippen LogP) is 4.99. The third kappa shape index (κ3) is 4.08. The van der Waals surface area contributed by atoms with E-state index in [1.807, 2.05) is 66.9 Å². The van der Waals surface area contributed by atoms with Crippen LogP contribution in [-0.2, 0) is 6.54 Å². The summed E-state index contributed by atoms with van der Waals surface area (Å²) < 4.78 is 7.28. The van der Waals surface area contributed by atoms with Crippen LogP contribution in [0.3, 0.4) is 0 Å². The molecule has 0 unspecified atom stereocenters. The van der Waals surface area contributed by atoms with Gasteiger partial charge in [-0.3, -0.25) is 4.57 Å². The number of methoxy groups -OCH3 is 1. The number of nitrogen functional groups attached to an aromatic ring is 1. The van der Waals surface area contributed by atoms with Gasteiger partial charge in [0, 0.05) is 23.7 Å². The molecule has 0 fully saturated rings. The summed E-state index contributed by atoms with van der Waals surface area (Å²) in [5.74, 6) is 2.10. The van der Waals surface area contributed by atoms with Gasteiger partial charge in [-0.25, -0.2) is 9.97 Å². The molecule has 7 heteroatoms. The van der Waals surface area contributed by atoms with Crippen LogP contribution in [0.25, 0.3) is 28.1 Å². The first-order chi connectivity index (χ1) is 16.1. The number of nitrogens with zero attached hydrogens (tertiary/aromatic N) is 4. The minimum Gasteiger partial charge on any atom is -0.494 e. The molecule has 5 aromatic rings. The summed E-state index contributed by atoms with van der Waals surface area (Å²) in [6.07, 6.45) is 1.86. The summed E-state index contributed by atoms with van der Waals surface area (Å²) >= 11 is 0. The maximum Gasteiger partial charge on any atom is 0.239 e. The third-order valence-corrected chi connectivity index (χ3v) is 5.50. The monoisotopic (exact) mass is 436 g/mol. The van der Waals surface area contributed by atoms with E-state index in [4.69, 9.17) is 20.4 Å². The average Bonchev–Trinajstić information content (AvgIpc) is 3.24. The van der Waals surface area contributed by atoms with Crippen molar-refractivity contribution in [1.29, 1.82) is 0 Å². The van der Waals surface area contributed by atoms with Gasteiger partial charge in [-0.1, -0.05) is 66.2 Å². The van der Waals surface area contributed by atoms with Crippen molar-refractivity contribution in [1.82, 2.24) is 19.5 Å². The van der Waals surface area contributed by atoms with Gasteiger partial charge >= 0.3 is 0 Å². The van der Waals surface area contributed by atoms with E-state index in [0.717, 1.165) is 22.2 Å². The molecule has 0 spiro atoms. The lowest BCUT2D eigenvalue weighted by atomic mass is 10.1. The van der Waals surface area contributed by atoms with E-state index in [-0.39, 0.29) is 0 Å². The van der Waals surface area contributed by atoms with Crippen LogP contribution in [0, 0.1) is 6.92 Å². The number of imidazole rings is 1. The Kier molecular flexibility index (Phi) is 5.36. The molecule has 0 radical (unpaired) electrons. The number of hydrogen-bond donors (Lipinski definition) is 2. The molecule has 7 nitrogen and oxygen atoms in total. The van der Waals surface area contributed by atoms with Crippen molar-refractivity contribution < 1.29 is 4.74 Å². The molecule has 0 aliphatic heterocycles. The Morgan fingerprint density at radius 3 is 2.45 bits per heavy atom. The Morgan fingerprint density at radius 1 is 0.909 bits per heavy atom. The zero-order valence-corrected chi connectivity index (χ0v) is 18.5. The van der Waals surface area contributed by atoms with Gasteiger partial charge in [-0.05, 0) is 24.6 Å². The van der Waals surface area contributed by atoms with E-state index in [1.165, 1.54) is 5.56 Å². The lowest BCUT2D eigenvalue weighted by Crippen LogP contribution is -2.09. The van der Waals surface area contributed by atoms with E-state index in [9.17, 15) is 0 Å². The topological polar surface area (TPSA) is 90.9 Å². The fourth-order valence-corrected chi connectivity index (χ4v) is 3.72. The number of aromatic nitrogens is 4. The van der Waals surface area contributed by atoms with Crippen LogP contribution >= 0.6 is 0 Å². The molecule has 0 amide bonds. The molecular weight excluding hydrogens is 412 g/mol. The first-order valence-electron chi connectivity index (χ1n) is 10.7. The van der Waals surface area contributed by atoms with E-state index in [0.29, 0.717) is 35.5 Å². The Labute approximate surface area is 191 Å². The van der Waals surface area contributed by atoms with Crippen molar-refractivity contribution in [3.05, 3.63) is 90.1 Å². The summed E-state index contributed by atoms with van der Waals surface area (Å²) in [5, 5.41) is 4.32. The minimum absolute atomic E-state index is 0.314. The van der Waals surface area contributed by atoms with E-state index in [1.54, 1.807) is 11.7 Å². The number of nitrogens with two attached hydrogens (primary N) is 1. The van der Waals surface area contributed by atoms with E-state index >= 15 is 0 Å². The van der Waals surface area contributed by atoms with Gasteiger partial charge in [0.15, 0.2) is 0 Å². The summed E-state index contributed by atoms with van der Waals surface area (Å²) in [5.41, 5.74) is 11.1. The highest BCUT2D eigenvalue weighted by Gasteiger charge is 2.16. The zero-order chi connectivity index (χ0) is 22.8. The van der Waals surface area contributed by atoms with Crippen LogP contribution in [0.5, 0.6) is 5.75 Å². The van der Waals surface area contributed by atoms with E-state index in [2.05, 4.69) is 29.4 Å². The fraction of sp³-hybridized carbons (Fsp3) is 0.115. The second-order valence-corrected chi connectivity index (χ2v) is 7.79. The van der Waals surface area contributed by atoms with Gasteiger partial charge in [0.1, 0.15) is 17.1 Å². The summed E-state index contributed by atoms with van der Waals surface area (Å²) in [6, 6.07) is 24.1. The number of rotatable bonds is 6. The maximum absolute atomic E-state index is 6.29. The van der Waals surface area contributed by atoms with Crippen molar-refractivity contribution in [2.24, 2.45) is 0 Å².